The summed E-state index contributed by atoms with van der Waals surface area (Å²) in [6.45, 7) is 7.04. The van der Waals surface area contributed by atoms with E-state index in [9.17, 15) is 9.59 Å². The molecule has 4 aromatic heterocycles. The average Bonchev–Trinajstić information content (AvgIpc) is 3.98. The molecule has 0 radical (unpaired) electrons. The van der Waals surface area contributed by atoms with Crippen LogP contribution in [0.3, 0.4) is 0 Å². The Bertz CT molecular complexity index is 2070. The van der Waals surface area contributed by atoms with Crippen molar-refractivity contribution in [3.8, 4) is 16.9 Å². The topological polar surface area (TPSA) is 152 Å². The molecule has 228 valence electrons. The van der Waals surface area contributed by atoms with E-state index in [1.165, 1.54) is 6.08 Å². The third kappa shape index (κ3) is 4.54. The third-order valence-electron chi connectivity index (χ3n) is 9.09. The number of fused-ring (bicyclic) bond motifs is 2. The molecule has 1 atom stereocenters. The zero-order chi connectivity index (χ0) is 31.0. The van der Waals surface area contributed by atoms with Crippen LogP contribution in [0, 0.1) is 0 Å². The monoisotopic (exact) mass is 622 g/mol. The summed E-state index contributed by atoms with van der Waals surface area (Å²) in [5.74, 6) is 1.19. The van der Waals surface area contributed by atoms with Gasteiger partial charge in [0.15, 0.2) is 11.5 Å². The van der Waals surface area contributed by atoms with Crippen molar-refractivity contribution in [2.45, 2.75) is 50.5 Å². The number of amides is 1. The van der Waals surface area contributed by atoms with Crippen LogP contribution in [-0.4, -0.2) is 71.2 Å². The standard InChI is InChI=1S/C32H31ClN10O2/c1-3-23(44)41-11-12-42(16(2)14-41)30-20-13-21(33)27(19-5-4-6-22-24(19)29(34)40-39-22)37-31(20)43(32(45)38-30)28-25(17-7-8-17)35-15-36-26(28)18-9-10-18/h3-6,13,15-18H,1,7-12,14H2,2H3,(H3,34,39,40)/t16-/m0/s1. The molecule has 0 bridgehead atoms. The normalized spacial score (nSPS) is 18.6. The molecule has 13 heteroatoms. The summed E-state index contributed by atoms with van der Waals surface area (Å²) in [5.41, 5.74) is 10.6. The van der Waals surface area contributed by atoms with E-state index in [0.29, 0.717) is 69.7 Å². The third-order valence-corrected chi connectivity index (χ3v) is 9.38. The summed E-state index contributed by atoms with van der Waals surface area (Å²) in [6.07, 6.45) is 6.96. The number of nitrogens with two attached hydrogens (primary N) is 1. The quantitative estimate of drug-likeness (QED) is 0.264. The summed E-state index contributed by atoms with van der Waals surface area (Å²) >= 11 is 7.05. The molecule has 5 heterocycles. The number of H-pyrrole nitrogens is 1. The highest BCUT2D eigenvalue weighted by Gasteiger charge is 2.37. The van der Waals surface area contributed by atoms with E-state index in [1.807, 2.05) is 31.2 Å². The zero-order valence-electron chi connectivity index (χ0n) is 24.7. The second-order valence-corrected chi connectivity index (χ2v) is 12.6. The fourth-order valence-corrected chi connectivity index (χ4v) is 6.81. The molecule has 3 aliphatic rings. The van der Waals surface area contributed by atoms with E-state index in [1.54, 1.807) is 15.8 Å². The first-order chi connectivity index (χ1) is 21.8. The Morgan fingerprint density at radius 2 is 1.84 bits per heavy atom. The number of aromatic nitrogens is 7. The number of nitrogens with one attached hydrogen (secondary N) is 1. The lowest BCUT2D eigenvalue weighted by atomic mass is 10.0. The number of benzene rings is 1. The number of nitrogen functional groups attached to an aromatic ring is 1. The first-order valence-corrected chi connectivity index (χ1v) is 15.6. The van der Waals surface area contributed by atoms with E-state index >= 15 is 0 Å². The van der Waals surface area contributed by atoms with Crippen LogP contribution in [0.5, 0.6) is 0 Å². The molecule has 3 fully saturated rings. The molecule has 2 aliphatic carbocycles. The molecule has 0 unspecified atom stereocenters. The summed E-state index contributed by atoms with van der Waals surface area (Å²) in [4.78, 5) is 49.8. The minimum Gasteiger partial charge on any atom is -0.382 e. The van der Waals surface area contributed by atoms with Crippen LogP contribution in [0.25, 0.3) is 38.9 Å². The van der Waals surface area contributed by atoms with Gasteiger partial charge in [-0.1, -0.05) is 30.3 Å². The Morgan fingerprint density at radius 3 is 2.51 bits per heavy atom. The molecule has 45 heavy (non-hydrogen) atoms. The molecule has 8 rings (SSSR count). The van der Waals surface area contributed by atoms with Gasteiger partial charge in [0.25, 0.3) is 0 Å². The Hall–Kier alpha value is -4.84. The summed E-state index contributed by atoms with van der Waals surface area (Å²) in [5, 5.41) is 8.86. The van der Waals surface area contributed by atoms with Crippen molar-refractivity contribution in [3.63, 3.8) is 0 Å². The van der Waals surface area contributed by atoms with Crippen molar-refractivity contribution in [2.75, 3.05) is 30.3 Å². The number of anilines is 2. The first kappa shape index (κ1) is 27.7. The van der Waals surface area contributed by atoms with Crippen LogP contribution >= 0.6 is 11.6 Å². The predicted octanol–water partition coefficient (Wildman–Crippen LogP) is 4.33. The van der Waals surface area contributed by atoms with Gasteiger partial charge < -0.3 is 15.5 Å². The molecular weight excluding hydrogens is 592 g/mol. The van der Waals surface area contributed by atoms with Crippen molar-refractivity contribution in [1.82, 2.24) is 39.6 Å². The van der Waals surface area contributed by atoms with Crippen LogP contribution < -0.4 is 16.3 Å². The lowest BCUT2D eigenvalue weighted by molar-refractivity contribution is -0.126. The zero-order valence-corrected chi connectivity index (χ0v) is 25.5. The molecule has 1 saturated heterocycles. The molecule has 1 aliphatic heterocycles. The van der Waals surface area contributed by atoms with Crippen LogP contribution in [-0.2, 0) is 4.79 Å². The number of aromatic amines is 1. The molecule has 12 nitrogen and oxygen atoms in total. The molecule has 5 aromatic rings. The predicted molar refractivity (Wildman–Crippen MR) is 173 cm³/mol. The van der Waals surface area contributed by atoms with Crippen molar-refractivity contribution in [1.29, 1.82) is 0 Å². The van der Waals surface area contributed by atoms with Crippen molar-refractivity contribution in [2.24, 2.45) is 0 Å². The summed E-state index contributed by atoms with van der Waals surface area (Å²) in [7, 11) is 0. The van der Waals surface area contributed by atoms with Gasteiger partial charge in [-0.05, 0) is 50.8 Å². The van der Waals surface area contributed by atoms with Crippen molar-refractivity contribution < 1.29 is 4.79 Å². The average molecular weight is 623 g/mol. The van der Waals surface area contributed by atoms with Gasteiger partial charge in [-0.2, -0.15) is 10.1 Å². The number of carbonyl (C=O) groups excluding carboxylic acids is 1. The molecule has 0 spiro atoms. The number of hydrogen-bond acceptors (Lipinski definition) is 9. The highest BCUT2D eigenvalue weighted by atomic mass is 35.5. The number of halogens is 1. The summed E-state index contributed by atoms with van der Waals surface area (Å²) in [6, 6.07) is 7.37. The smallest absolute Gasteiger partial charge is 0.355 e. The largest absolute Gasteiger partial charge is 0.382 e. The molecule has 2 saturated carbocycles. The van der Waals surface area contributed by atoms with Gasteiger partial charge in [-0.15, -0.1) is 0 Å². The number of rotatable bonds is 6. The van der Waals surface area contributed by atoms with Crippen LogP contribution in [0.2, 0.25) is 5.02 Å². The van der Waals surface area contributed by atoms with E-state index in [-0.39, 0.29) is 23.8 Å². The number of pyridine rings is 1. The van der Waals surface area contributed by atoms with Crippen LogP contribution in [0.4, 0.5) is 11.6 Å². The lowest BCUT2D eigenvalue weighted by Crippen LogP contribution is -2.54. The second-order valence-electron chi connectivity index (χ2n) is 12.2. The summed E-state index contributed by atoms with van der Waals surface area (Å²) < 4.78 is 1.60. The highest BCUT2D eigenvalue weighted by Crippen LogP contribution is 2.48. The van der Waals surface area contributed by atoms with Gasteiger partial charge >= 0.3 is 5.69 Å². The Morgan fingerprint density at radius 1 is 1.11 bits per heavy atom. The molecule has 1 amide bonds. The van der Waals surface area contributed by atoms with Gasteiger partial charge in [0.1, 0.15) is 12.1 Å². The molecule has 3 N–H and O–H groups in total. The maximum absolute atomic E-state index is 14.4. The van der Waals surface area contributed by atoms with Gasteiger partial charge in [0, 0.05) is 43.1 Å². The molecule has 1 aromatic carbocycles. The van der Waals surface area contributed by atoms with E-state index in [4.69, 9.17) is 37.3 Å². The Kier molecular flexibility index (Phi) is 6.38. The highest BCUT2D eigenvalue weighted by molar-refractivity contribution is 6.34. The van der Waals surface area contributed by atoms with Gasteiger partial charge in [0.05, 0.1) is 44.1 Å². The van der Waals surface area contributed by atoms with Gasteiger partial charge in [-0.3, -0.25) is 9.89 Å². The fraction of sp³-hybridized carbons (Fsp3) is 0.344. The minimum absolute atomic E-state index is 0.124. The Balaban J connectivity index is 1.40. The maximum atomic E-state index is 14.4. The van der Waals surface area contributed by atoms with E-state index < -0.39 is 5.69 Å². The number of piperazine rings is 1. The SMILES string of the molecule is C=CC(=O)N1CCN(c2nc(=O)n(-c3c(C4CC4)ncnc3C3CC3)c3nc(-c4cccc5[nH]nc(N)c45)c(Cl)cc23)[C@@H](C)C1. The number of hydrogen-bond donors (Lipinski definition) is 2. The lowest BCUT2D eigenvalue weighted by Gasteiger charge is -2.40. The van der Waals surface area contributed by atoms with Crippen LogP contribution in [0.1, 0.15) is 55.8 Å². The Labute approximate surface area is 263 Å². The van der Waals surface area contributed by atoms with Crippen molar-refractivity contribution in [3.05, 3.63) is 70.1 Å². The van der Waals surface area contributed by atoms with Gasteiger partial charge in [0.2, 0.25) is 5.91 Å². The first-order valence-electron chi connectivity index (χ1n) is 15.2. The minimum atomic E-state index is -0.463. The van der Waals surface area contributed by atoms with E-state index in [0.717, 1.165) is 42.6 Å². The maximum Gasteiger partial charge on any atom is 0.355 e. The number of carbonyl (C=O) groups is 1. The van der Waals surface area contributed by atoms with Crippen molar-refractivity contribution >= 4 is 51.1 Å². The number of nitrogens with zero attached hydrogens (tertiary/aromatic N) is 8. The molecular formula is C32H31ClN10O2. The second kappa shape index (κ2) is 10.4. The fourth-order valence-electron chi connectivity index (χ4n) is 6.56. The van der Waals surface area contributed by atoms with Crippen LogP contribution in [0.15, 0.2) is 48.0 Å². The van der Waals surface area contributed by atoms with E-state index in [2.05, 4.69) is 21.7 Å². The van der Waals surface area contributed by atoms with Gasteiger partial charge in [-0.25, -0.2) is 24.3 Å².